The molecule has 0 fully saturated rings. The zero-order valence-corrected chi connectivity index (χ0v) is 24.0. The molecule has 0 bridgehead atoms. The summed E-state index contributed by atoms with van der Waals surface area (Å²) in [4.78, 5) is 19.9. The van der Waals surface area contributed by atoms with Crippen LogP contribution in [0.4, 0.5) is 0 Å². The van der Waals surface area contributed by atoms with Crippen molar-refractivity contribution in [3.63, 3.8) is 0 Å². The molecule has 0 aliphatic heterocycles. The van der Waals surface area contributed by atoms with Crippen molar-refractivity contribution in [2.75, 3.05) is 0 Å². The van der Waals surface area contributed by atoms with E-state index in [4.69, 9.17) is 19.9 Å². The molecular formula is C39H30N4. The van der Waals surface area contributed by atoms with E-state index in [9.17, 15) is 0 Å². The van der Waals surface area contributed by atoms with Gasteiger partial charge in [-0.3, -0.25) is 4.98 Å². The third-order valence-corrected chi connectivity index (χ3v) is 7.58. The van der Waals surface area contributed by atoms with Crippen LogP contribution < -0.4 is 0 Å². The molecule has 1 aliphatic rings. The summed E-state index contributed by atoms with van der Waals surface area (Å²) in [6, 6.07) is 41.5. The highest BCUT2D eigenvalue weighted by Gasteiger charge is 2.16. The number of nitrogens with zero attached hydrogens (tertiary/aromatic N) is 4. The molecule has 0 spiro atoms. The molecule has 4 nitrogen and oxygen atoms in total. The first-order chi connectivity index (χ1) is 21.2. The zero-order valence-electron chi connectivity index (χ0n) is 24.0. The molecule has 1 aliphatic carbocycles. The standard InChI is InChI=1S/C39H30N4/c1-27-22-32(28-14-6-2-7-15-28)26-36(40-27)34-23-33(29-16-8-3-9-17-29)24-35(25-34)39-42-37(30-18-10-4-11-19-30)41-38(43-39)31-20-12-5-13-21-31/h3-6,8-26H,2,7H2,1H3. The Hall–Kier alpha value is -5.48. The van der Waals surface area contributed by atoms with Gasteiger partial charge in [-0.2, -0.15) is 0 Å². The number of hydrogen-bond donors (Lipinski definition) is 0. The van der Waals surface area contributed by atoms with E-state index in [0.29, 0.717) is 17.5 Å². The van der Waals surface area contributed by atoms with Gasteiger partial charge in [-0.25, -0.2) is 15.0 Å². The number of aryl methyl sites for hydroxylation is 1. The molecule has 0 N–H and O–H groups in total. The number of rotatable bonds is 6. The lowest BCUT2D eigenvalue weighted by molar-refractivity contribution is 1.04. The first kappa shape index (κ1) is 26.4. The monoisotopic (exact) mass is 554 g/mol. The van der Waals surface area contributed by atoms with Crippen LogP contribution in [-0.2, 0) is 0 Å². The van der Waals surface area contributed by atoms with Gasteiger partial charge >= 0.3 is 0 Å². The van der Waals surface area contributed by atoms with Crippen molar-refractivity contribution in [3.8, 4) is 56.5 Å². The lowest BCUT2D eigenvalue weighted by Crippen LogP contribution is -2.01. The van der Waals surface area contributed by atoms with Gasteiger partial charge in [0.25, 0.3) is 0 Å². The average molecular weight is 555 g/mol. The Morgan fingerprint density at radius 2 is 0.977 bits per heavy atom. The molecule has 2 aromatic heterocycles. The molecule has 0 saturated carbocycles. The lowest BCUT2D eigenvalue weighted by Gasteiger charge is -2.14. The van der Waals surface area contributed by atoms with E-state index in [-0.39, 0.29) is 0 Å². The molecule has 2 heterocycles. The summed E-state index contributed by atoms with van der Waals surface area (Å²) in [6.45, 7) is 2.06. The zero-order chi connectivity index (χ0) is 29.0. The fraction of sp³-hybridized carbons (Fsp3) is 0.0769. The third kappa shape index (κ3) is 5.81. The molecule has 0 saturated heterocycles. The van der Waals surface area contributed by atoms with E-state index in [1.54, 1.807) is 0 Å². The molecule has 206 valence electrons. The van der Waals surface area contributed by atoms with Gasteiger partial charge in [-0.15, -0.1) is 0 Å². The number of pyridine rings is 1. The highest BCUT2D eigenvalue weighted by Crippen LogP contribution is 2.34. The van der Waals surface area contributed by atoms with E-state index in [1.165, 1.54) is 11.1 Å². The van der Waals surface area contributed by atoms with Crippen molar-refractivity contribution in [2.24, 2.45) is 0 Å². The molecule has 43 heavy (non-hydrogen) atoms. The summed E-state index contributed by atoms with van der Waals surface area (Å²) >= 11 is 0. The Bertz CT molecular complexity index is 1900. The fourth-order valence-corrected chi connectivity index (χ4v) is 5.45. The summed E-state index contributed by atoms with van der Waals surface area (Å²) in [6.07, 6.45) is 8.92. The van der Waals surface area contributed by atoms with Crippen molar-refractivity contribution in [3.05, 3.63) is 151 Å². The van der Waals surface area contributed by atoms with E-state index in [1.807, 2.05) is 66.7 Å². The van der Waals surface area contributed by atoms with Gasteiger partial charge < -0.3 is 0 Å². The Kier molecular flexibility index (Phi) is 7.24. The second-order valence-electron chi connectivity index (χ2n) is 10.7. The molecule has 4 heteroatoms. The molecule has 7 rings (SSSR count). The van der Waals surface area contributed by atoms with E-state index in [2.05, 4.69) is 79.7 Å². The second-order valence-corrected chi connectivity index (χ2v) is 10.7. The molecule has 4 aromatic carbocycles. The summed E-state index contributed by atoms with van der Waals surface area (Å²) in [5.41, 5.74) is 10.4. The number of allylic oxidation sites excluding steroid dienone is 4. The third-order valence-electron chi connectivity index (χ3n) is 7.58. The molecule has 0 atom stereocenters. The second kappa shape index (κ2) is 11.8. The maximum atomic E-state index is 5.02. The molecular weight excluding hydrogens is 524 g/mol. The summed E-state index contributed by atoms with van der Waals surface area (Å²) < 4.78 is 0. The van der Waals surface area contributed by atoms with Crippen LogP contribution in [0.1, 0.15) is 24.1 Å². The lowest BCUT2D eigenvalue weighted by atomic mass is 9.95. The fourth-order valence-electron chi connectivity index (χ4n) is 5.45. The first-order valence-electron chi connectivity index (χ1n) is 14.6. The smallest absolute Gasteiger partial charge is 0.164 e. The minimum Gasteiger partial charge on any atom is -0.253 e. The van der Waals surface area contributed by atoms with Crippen molar-refractivity contribution >= 4 is 5.57 Å². The number of aromatic nitrogens is 4. The minimum atomic E-state index is 0.623. The van der Waals surface area contributed by atoms with Crippen LogP contribution in [0.5, 0.6) is 0 Å². The minimum absolute atomic E-state index is 0.623. The van der Waals surface area contributed by atoms with E-state index >= 15 is 0 Å². The Morgan fingerprint density at radius 3 is 1.56 bits per heavy atom. The Labute approximate surface area is 252 Å². The van der Waals surface area contributed by atoms with Crippen molar-refractivity contribution in [1.29, 1.82) is 0 Å². The highest BCUT2D eigenvalue weighted by atomic mass is 15.0. The molecule has 0 radical (unpaired) electrons. The largest absolute Gasteiger partial charge is 0.253 e. The Balaban J connectivity index is 1.44. The van der Waals surface area contributed by atoms with Gasteiger partial charge in [0.2, 0.25) is 0 Å². The van der Waals surface area contributed by atoms with Gasteiger partial charge in [0, 0.05) is 27.9 Å². The van der Waals surface area contributed by atoms with Crippen LogP contribution in [0.2, 0.25) is 0 Å². The molecule has 0 unspecified atom stereocenters. The van der Waals surface area contributed by atoms with Gasteiger partial charge in [0.1, 0.15) is 0 Å². The van der Waals surface area contributed by atoms with Crippen LogP contribution in [0.25, 0.3) is 62.1 Å². The molecule has 0 amide bonds. The maximum absolute atomic E-state index is 5.02. The first-order valence-corrected chi connectivity index (χ1v) is 14.6. The predicted octanol–water partition coefficient (Wildman–Crippen LogP) is 9.64. The van der Waals surface area contributed by atoms with Gasteiger partial charge in [-0.05, 0) is 72.4 Å². The van der Waals surface area contributed by atoms with Crippen LogP contribution >= 0.6 is 0 Å². The van der Waals surface area contributed by atoms with Crippen molar-refractivity contribution in [2.45, 2.75) is 19.8 Å². The number of hydrogen-bond acceptors (Lipinski definition) is 4. The van der Waals surface area contributed by atoms with Gasteiger partial charge in [-0.1, -0.05) is 109 Å². The molecule has 6 aromatic rings. The van der Waals surface area contributed by atoms with Crippen LogP contribution in [0, 0.1) is 6.92 Å². The normalized spacial score (nSPS) is 12.6. The van der Waals surface area contributed by atoms with Gasteiger partial charge in [0.15, 0.2) is 17.5 Å². The maximum Gasteiger partial charge on any atom is 0.164 e. The number of benzene rings is 4. The van der Waals surface area contributed by atoms with Crippen molar-refractivity contribution in [1.82, 2.24) is 19.9 Å². The van der Waals surface area contributed by atoms with E-state index in [0.717, 1.165) is 57.6 Å². The Morgan fingerprint density at radius 1 is 0.442 bits per heavy atom. The van der Waals surface area contributed by atoms with Crippen molar-refractivity contribution < 1.29 is 0 Å². The van der Waals surface area contributed by atoms with Crippen LogP contribution in [-0.4, -0.2) is 19.9 Å². The van der Waals surface area contributed by atoms with E-state index < -0.39 is 0 Å². The summed E-state index contributed by atoms with van der Waals surface area (Å²) in [5.74, 6) is 1.91. The predicted molar refractivity (Wildman–Crippen MR) is 176 cm³/mol. The summed E-state index contributed by atoms with van der Waals surface area (Å²) in [5, 5.41) is 0. The van der Waals surface area contributed by atoms with Crippen LogP contribution in [0.3, 0.4) is 0 Å². The quantitative estimate of drug-likeness (QED) is 0.206. The van der Waals surface area contributed by atoms with Crippen LogP contribution in [0.15, 0.2) is 140 Å². The SMILES string of the molecule is Cc1cc(C2=CCCC=C2)cc(-c2cc(-c3ccccc3)cc(-c3nc(-c4ccccc4)nc(-c4ccccc4)n3)c2)n1. The topological polar surface area (TPSA) is 51.6 Å². The average Bonchev–Trinajstić information content (AvgIpc) is 3.09. The summed E-state index contributed by atoms with van der Waals surface area (Å²) in [7, 11) is 0. The highest BCUT2D eigenvalue weighted by molar-refractivity contribution is 5.82. The van der Waals surface area contributed by atoms with Gasteiger partial charge in [0.05, 0.1) is 5.69 Å².